The van der Waals surface area contributed by atoms with E-state index in [1.165, 1.54) is 12.1 Å². The van der Waals surface area contributed by atoms with E-state index in [-0.39, 0.29) is 24.4 Å². The van der Waals surface area contributed by atoms with Gasteiger partial charge < -0.3 is 24.4 Å². The molecule has 0 saturated carbocycles. The molecule has 1 N–H and O–H groups in total. The molecule has 1 aromatic heterocycles. The zero-order valence-corrected chi connectivity index (χ0v) is 22.9. The van der Waals surface area contributed by atoms with Gasteiger partial charge in [-0.2, -0.15) is 0 Å². The third-order valence-corrected chi connectivity index (χ3v) is 7.50. The maximum absolute atomic E-state index is 14.0. The summed E-state index contributed by atoms with van der Waals surface area (Å²) in [5.74, 6) is 1.44. The monoisotopic (exact) mass is 521 g/mol. The molecule has 1 aliphatic rings. The molecule has 1 unspecified atom stereocenters. The first kappa shape index (κ1) is 27.4. The molecule has 1 amide bonds. The normalized spacial score (nSPS) is 15.5. The molecular formula is C30H36FN3O4. The Morgan fingerprint density at radius 1 is 1.13 bits per heavy atom. The highest BCUT2D eigenvalue weighted by molar-refractivity contribution is 6.03. The van der Waals surface area contributed by atoms with Gasteiger partial charge in [0.05, 0.1) is 44.2 Å². The van der Waals surface area contributed by atoms with Crippen molar-refractivity contribution < 1.29 is 23.8 Å². The smallest absolute Gasteiger partial charge is 0.236 e. The van der Waals surface area contributed by atoms with Gasteiger partial charge in [0.2, 0.25) is 5.91 Å². The highest BCUT2D eigenvalue weighted by Crippen LogP contribution is 2.39. The minimum Gasteiger partial charge on any atom is -0.497 e. The van der Waals surface area contributed by atoms with Crippen molar-refractivity contribution in [3.63, 3.8) is 0 Å². The van der Waals surface area contributed by atoms with Crippen LogP contribution in [0.5, 0.6) is 11.5 Å². The van der Waals surface area contributed by atoms with Gasteiger partial charge >= 0.3 is 0 Å². The fourth-order valence-electron chi connectivity index (χ4n) is 5.15. The molecule has 2 heterocycles. The Labute approximate surface area is 223 Å². The number of hydrogen-bond acceptors (Lipinski definition) is 6. The fourth-order valence-corrected chi connectivity index (χ4v) is 5.15. The number of hydrogen-bond donors (Lipinski definition) is 1. The van der Waals surface area contributed by atoms with Crippen molar-refractivity contribution in [1.29, 1.82) is 0 Å². The first-order chi connectivity index (χ1) is 18.1. The molecule has 38 heavy (non-hydrogen) atoms. The number of likely N-dealkylation sites (N-methyl/N-ethyl adjacent to an activating group) is 1. The van der Waals surface area contributed by atoms with E-state index in [0.717, 1.165) is 47.5 Å². The Bertz CT molecular complexity index is 1300. The van der Waals surface area contributed by atoms with Crippen LogP contribution in [-0.4, -0.2) is 56.5 Å². The molecule has 202 valence electrons. The Morgan fingerprint density at radius 3 is 2.42 bits per heavy atom. The highest BCUT2D eigenvalue weighted by atomic mass is 19.1. The van der Waals surface area contributed by atoms with Crippen molar-refractivity contribution in [3.8, 4) is 22.6 Å². The van der Waals surface area contributed by atoms with Crippen molar-refractivity contribution in [1.82, 2.24) is 4.98 Å². The van der Waals surface area contributed by atoms with Crippen LogP contribution in [0.15, 0.2) is 48.7 Å². The van der Waals surface area contributed by atoms with Crippen LogP contribution in [0.25, 0.3) is 11.1 Å². The van der Waals surface area contributed by atoms with E-state index in [4.69, 9.17) is 14.5 Å². The van der Waals surface area contributed by atoms with Crippen molar-refractivity contribution in [2.45, 2.75) is 45.1 Å². The predicted octanol–water partition coefficient (Wildman–Crippen LogP) is 5.12. The minimum absolute atomic E-state index is 0.00292. The molecule has 0 bridgehead atoms. The van der Waals surface area contributed by atoms with E-state index in [2.05, 4.69) is 4.90 Å². The summed E-state index contributed by atoms with van der Waals surface area (Å²) < 4.78 is 24.9. The van der Waals surface area contributed by atoms with Crippen molar-refractivity contribution in [3.05, 3.63) is 65.6 Å². The number of carbonyl (C=O) groups excluding carboxylic acids is 1. The van der Waals surface area contributed by atoms with Crippen LogP contribution in [0.3, 0.4) is 0 Å². The number of amides is 1. The maximum Gasteiger partial charge on any atom is 0.236 e. The lowest BCUT2D eigenvalue weighted by molar-refractivity contribution is -0.122. The number of aliphatic hydroxyl groups is 1. The molecular weight excluding hydrogens is 485 g/mol. The zero-order chi connectivity index (χ0) is 27.6. The van der Waals surface area contributed by atoms with Crippen LogP contribution in [0.1, 0.15) is 37.8 Å². The zero-order valence-electron chi connectivity index (χ0n) is 22.9. The van der Waals surface area contributed by atoms with Gasteiger partial charge in [0.25, 0.3) is 0 Å². The summed E-state index contributed by atoms with van der Waals surface area (Å²) in [5.41, 5.74) is 2.76. The van der Waals surface area contributed by atoms with Crippen LogP contribution >= 0.6 is 0 Å². The molecule has 1 fully saturated rings. The maximum atomic E-state index is 14.0. The lowest BCUT2D eigenvalue weighted by Gasteiger charge is -2.32. The molecule has 0 radical (unpaired) electrons. The second-order valence-corrected chi connectivity index (χ2v) is 10.3. The Hall–Kier alpha value is -3.65. The quantitative estimate of drug-likeness (QED) is 0.444. The van der Waals surface area contributed by atoms with Gasteiger partial charge in [0, 0.05) is 25.2 Å². The predicted molar refractivity (Wildman–Crippen MR) is 148 cm³/mol. The molecule has 1 aliphatic heterocycles. The summed E-state index contributed by atoms with van der Waals surface area (Å²) in [6.45, 7) is 6.41. The summed E-state index contributed by atoms with van der Waals surface area (Å²) in [6, 6.07) is 12.0. The van der Waals surface area contributed by atoms with Crippen LogP contribution < -0.4 is 19.3 Å². The molecule has 0 spiro atoms. The number of halogens is 1. The molecule has 8 heteroatoms. The molecule has 3 aromatic rings. The summed E-state index contributed by atoms with van der Waals surface area (Å²) in [6.07, 6.45) is 3.55. The van der Waals surface area contributed by atoms with Crippen molar-refractivity contribution in [2.24, 2.45) is 0 Å². The van der Waals surface area contributed by atoms with Crippen molar-refractivity contribution >= 4 is 17.4 Å². The molecule has 1 atom stereocenters. The van der Waals surface area contributed by atoms with Gasteiger partial charge in [-0.3, -0.25) is 4.79 Å². The number of methoxy groups -OCH3 is 2. The van der Waals surface area contributed by atoms with E-state index in [0.29, 0.717) is 17.2 Å². The van der Waals surface area contributed by atoms with Gasteiger partial charge in [-0.15, -0.1) is 0 Å². The molecule has 0 aliphatic carbocycles. The van der Waals surface area contributed by atoms with E-state index >= 15 is 0 Å². The Kier molecular flexibility index (Phi) is 7.92. The highest BCUT2D eigenvalue weighted by Gasteiger charge is 2.35. The average Bonchev–Trinajstić information content (AvgIpc) is 3.40. The van der Waals surface area contributed by atoms with E-state index in [1.807, 2.05) is 39.0 Å². The number of benzene rings is 2. The first-order valence-corrected chi connectivity index (χ1v) is 12.8. The fraction of sp³-hybridized carbons (Fsp3) is 0.400. The number of aryl methyl sites for hydroxylation is 1. The summed E-state index contributed by atoms with van der Waals surface area (Å²) in [7, 11) is 4.88. The number of carbonyl (C=O) groups is 1. The summed E-state index contributed by atoms with van der Waals surface area (Å²) >= 11 is 0. The SMILES string of the molecule is COc1cc(OC)cc(C(C)(C)C(=O)N(C)c2cnc(N3CCCC3CO)cc2-c2ccc(F)cc2C)c1. The second kappa shape index (κ2) is 11.0. The van der Waals surface area contributed by atoms with E-state index in [1.54, 1.807) is 44.5 Å². The lowest BCUT2D eigenvalue weighted by atomic mass is 9.82. The molecule has 2 aromatic carbocycles. The number of ether oxygens (including phenoxy) is 2. The Morgan fingerprint density at radius 2 is 1.82 bits per heavy atom. The van der Waals surface area contributed by atoms with Crippen LogP contribution in [-0.2, 0) is 10.2 Å². The number of nitrogens with zero attached hydrogens (tertiary/aromatic N) is 3. The number of pyridine rings is 1. The largest absolute Gasteiger partial charge is 0.497 e. The van der Waals surface area contributed by atoms with Crippen LogP contribution in [0, 0.1) is 12.7 Å². The molecule has 4 rings (SSSR count). The first-order valence-electron chi connectivity index (χ1n) is 12.8. The van der Waals surface area contributed by atoms with Gasteiger partial charge in [-0.1, -0.05) is 6.07 Å². The van der Waals surface area contributed by atoms with Gasteiger partial charge in [-0.25, -0.2) is 9.37 Å². The molecule has 1 saturated heterocycles. The van der Waals surface area contributed by atoms with Crippen LogP contribution in [0.4, 0.5) is 15.9 Å². The van der Waals surface area contributed by atoms with Gasteiger partial charge in [-0.05, 0) is 80.6 Å². The standard InChI is InChI=1S/C30H36FN3O4/c1-19-12-21(31)9-10-25(19)26-16-28(34-11-7-8-22(34)18-35)32-17-27(26)33(4)29(36)30(2,3)20-13-23(37-5)15-24(14-20)38-6/h9-10,12-17,22,35H,7-8,11,18H2,1-6H3. The van der Waals surface area contributed by atoms with E-state index in [9.17, 15) is 14.3 Å². The van der Waals surface area contributed by atoms with Gasteiger partial charge in [0.15, 0.2) is 0 Å². The third-order valence-electron chi connectivity index (χ3n) is 7.50. The summed E-state index contributed by atoms with van der Waals surface area (Å²) in [5, 5.41) is 9.86. The lowest BCUT2D eigenvalue weighted by Crippen LogP contribution is -2.42. The number of aliphatic hydroxyl groups excluding tert-OH is 1. The number of anilines is 2. The number of aromatic nitrogens is 1. The Balaban J connectivity index is 1.80. The third kappa shape index (κ3) is 5.18. The van der Waals surface area contributed by atoms with Crippen molar-refractivity contribution in [2.75, 3.05) is 44.2 Å². The molecule has 7 nitrogen and oxygen atoms in total. The average molecular weight is 522 g/mol. The topological polar surface area (TPSA) is 75.1 Å². The minimum atomic E-state index is -0.929. The van der Waals surface area contributed by atoms with E-state index < -0.39 is 5.41 Å². The number of rotatable bonds is 8. The van der Waals surface area contributed by atoms with Gasteiger partial charge in [0.1, 0.15) is 23.1 Å². The van der Waals surface area contributed by atoms with Crippen LogP contribution in [0.2, 0.25) is 0 Å². The summed E-state index contributed by atoms with van der Waals surface area (Å²) in [4.78, 5) is 22.5. The second-order valence-electron chi connectivity index (χ2n) is 10.3.